The highest BCUT2D eigenvalue weighted by Crippen LogP contribution is 2.37. The Morgan fingerprint density at radius 1 is 1.10 bits per heavy atom. The lowest BCUT2D eigenvalue weighted by atomic mass is 9.82. The fraction of sp³-hybridized carbons (Fsp3) is 0.727. The number of nitrogens with zero attached hydrogens (tertiary/aromatic N) is 7. The van der Waals surface area contributed by atoms with Crippen molar-refractivity contribution < 1.29 is 0 Å². The second-order valence-corrected chi connectivity index (χ2v) is 10.6. The maximum atomic E-state index is 4.98. The molecule has 0 unspecified atom stereocenters. The van der Waals surface area contributed by atoms with Crippen LogP contribution in [0.15, 0.2) is 17.6 Å². The van der Waals surface area contributed by atoms with Crippen LogP contribution < -0.4 is 4.90 Å². The molecule has 0 atom stereocenters. The van der Waals surface area contributed by atoms with Gasteiger partial charge >= 0.3 is 0 Å². The molecule has 1 aliphatic carbocycles. The van der Waals surface area contributed by atoms with Crippen LogP contribution in [0.5, 0.6) is 0 Å². The summed E-state index contributed by atoms with van der Waals surface area (Å²) in [6, 6.07) is 2.27. The van der Waals surface area contributed by atoms with Gasteiger partial charge in [-0.2, -0.15) is 0 Å². The van der Waals surface area contributed by atoms with E-state index in [9.17, 15) is 0 Å². The number of piperazine rings is 1. The van der Waals surface area contributed by atoms with Crippen LogP contribution >= 0.6 is 11.8 Å². The monoisotopic (exact) mass is 429 g/mol. The van der Waals surface area contributed by atoms with Crippen LogP contribution in [0.4, 0.5) is 5.82 Å². The van der Waals surface area contributed by atoms with Crippen molar-refractivity contribution in [2.24, 2.45) is 7.05 Å². The first-order chi connectivity index (χ1) is 14.4. The fourth-order valence-corrected chi connectivity index (χ4v) is 4.67. The average Bonchev–Trinajstić information content (AvgIpc) is 3.09. The quantitative estimate of drug-likeness (QED) is 0.493. The van der Waals surface area contributed by atoms with Gasteiger partial charge in [0.15, 0.2) is 0 Å². The number of thioether (sulfide) groups is 1. The molecule has 0 spiro atoms. The van der Waals surface area contributed by atoms with Gasteiger partial charge in [-0.05, 0) is 25.8 Å². The highest BCUT2D eigenvalue weighted by molar-refractivity contribution is 7.99. The van der Waals surface area contributed by atoms with Gasteiger partial charge in [-0.15, -0.1) is 5.10 Å². The van der Waals surface area contributed by atoms with Crippen molar-refractivity contribution in [2.45, 2.75) is 62.9 Å². The minimum Gasteiger partial charge on any atom is -0.354 e. The Balaban J connectivity index is 1.30. The molecule has 3 heterocycles. The average molecular weight is 430 g/mol. The van der Waals surface area contributed by atoms with Crippen molar-refractivity contribution in [1.29, 1.82) is 0 Å². The maximum Gasteiger partial charge on any atom is 0.208 e. The van der Waals surface area contributed by atoms with Crippen molar-refractivity contribution in [1.82, 2.24) is 29.6 Å². The molecule has 1 aliphatic heterocycles. The normalized spacial score (nSPS) is 18.6. The van der Waals surface area contributed by atoms with E-state index >= 15 is 0 Å². The second kappa shape index (κ2) is 9.22. The van der Waals surface area contributed by atoms with Gasteiger partial charge < -0.3 is 4.90 Å². The summed E-state index contributed by atoms with van der Waals surface area (Å²) in [6.07, 6.45) is 6.81. The van der Waals surface area contributed by atoms with Crippen molar-refractivity contribution in [3.63, 3.8) is 0 Å². The largest absolute Gasteiger partial charge is 0.354 e. The molecule has 4 rings (SSSR count). The highest BCUT2D eigenvalue weighted by atomic mass is 32.2. The number of aryl methyl sites for hydroxylation is 1. The first kappa shape index (κ1) is 21.6. The van der Waals surface area contributed by atoms with E-state index in [0.29, 0.717) is 5.92 Å². The lowest BCUT2D eigenvalue weighted by Crippen LogP contribution is -2.47. The number of hydrogen-bond donors (Lipinski definition) is 0. The van der Waals surface area contributed by atoms with Gasteiger partial charge in [-0.25, -0.2) is 15.0 Å². The molecule has 2 aromatic rings. The van der Waals surface area contributed by atoms with Gasteiger partial charge in [0.25, 0.3) is 0 Å². The molecule has 1 saturated carbocycles. The summed E-state index contributed by atoms with van der Waals surface area (Å²) in [6.45, 7) is 12.1. The van der Waals surface area contributed by atoms with Gasteiger partial charge in [0.1, 0.15) is 18.0 Å². The Kier molecular flexibility index (Phi) is 6.63. The molecule has 30 heavy (non-hydrogen) atoms. The summed E-state index contributed by atoms with van der Waals surface area (Å²) >= 11 is 1.75. The van der Waals surface area contributed by atoms with Crippen LogP contribution in [0.3, 0.4) is 0 Å². The summed E-state index contributed by atoms with van der Waals surface area (Å²) in [7, 11) is 1.91. The maximum absolute atomic E-state index is 4.98. The zero-order chi connectivity index (χ0) is 21.1. The first-order valence-corrected chi connectivity index (χ1v) is 12.2. The standard InChI is InChI=1S/C22H35N7S/c1-22(2,3)20-24-18(17-7-5-8-17)15-19(25-20)29-12-10-28(11-13-29)9-6-14-30-21-23-16-27(4)26-21/h15-17H,5-14H2,1-4H3. The van der Waals surface area contributed by atoms with E-state index in [-0.39, 0.29) is 5.41 Å². The first-order valence-electron chi connectivity index (χ1n) is 11.2. The van der Waals surface area contributed by atoms with Crippen molar-refractivity contribution in [3.8, 4) is 0 Å². The Labute approximate surface area is 184 Å². The molecule has 1 saturated heterocycles. The molecule has 2 aliphatic rings. The van der Waals surface area contributed by atoms with Gasteiger partial charge in [0, 0.05) is 62.1 Å². The Morgan fingerprint density at radius 3 is 2.47 bits per heavy atom. The fourth-order valence-electron chi connectivity index (χ4n) is 3.90. The van der Waals surface area contributed by atoms with E-state index in [2.05, 4.69) is 46.7 Å². The third kappa shape index (κ3) is 5.32. The Hall–Kier alpha value is -1.67. The lowest BCUT2D eigenvalue weighted by Gasteiger charge is -2.36. The minimum absolute atomic E-state index is 0.0174. The van der Waals surface area contributed by atoms with Gasteiger partial charge in [-0.3, -0.25) is 9.58 Å². The molecule has 2 fully saturated rings. The van der Waals surface area contributed by atoms with E-state index in [1.54, 1.807) is 22.8 Å². The molecule has 0 N–H and O–H groups in total. The second-order valence-electron chi connectivity index (χ2n) is 9.58. The summed E-state index contributed by atoms with van der Waals surface area (Å²) < 4.78 is 1.76. The SMILES string of the molecule is Cn1cnc(SCCCN2CCN(c3cc(C4CCC4)nc(C(C)(C)C)n3)CC2)n1. The smallest absolute Gasteiger partial charge is 0.208 e. The molecule has 2 aromatic heterocycles. The van der Waals surface area contributed by atoms with E-state index < -0.39 is 0 Å². The Morgan fingerprint density at radius 2 is 1.87 bits per heavy atom. The number of anilines is 1. The van der Waals surface area contributed by atoms with Crippen LogP contribution in [0.25, 0.3) is 0 Å². The molecule has 0 amide bonds. The zero-order valence-corrected chi connectivity index (χ0v) is 19.7. The third-order valence-corrected chi connectivity index (χ3v) is 6.99. The predicted octanol–water partition coefficient (Wildman–Crippen LogP) is 3.47. The van der Waals surface area contributed by atoms with Crippen molar-refractivity contribution in [2.75, 3.05) is 43.4 Å². The van der Waals surface area contributed by atoms with Crippen molar-refractivity contribution in [3.05, 3.63) is 23.9 Å². The molecule has 0 aromatic carbocycles. The zero-order valence-electron chi connectivity index (χ0n) is 18.8. The lowest BCUT2D eigenvalue weighted by molar-refractivity contribution is 0.258. The van der Waals surface area contributed by atoms with Gasteiger partial charge in [0.2, 0.25) is 5.16 Å². The summed E-state index contributed by atoms with van der Waals surface area (Å²) in [5.74, 6) is 3.83. The summed E-state index contributed by atoms with van der Waals surface area (Å²) in [5, 5.41) is 5.21. The van der Waals surface area contributed by atoms with E-state index in [1.807, 2.05) is 7.05 Å². The molecular formula is C22H35N7S. The predicted molar refractivity (Wildman–Crippen MR) is 122 cm³/mol. The van der Waals surface area contributed by atoms with Crippen LogP contribution in [0.1, 0.15) is 63.9 Å². The third-order valence-electron chi connectivity index (χ3n) is 6.05. The summed E-state index contributed by atoms with van der Waals surface area (Å²) in [5.41, 5.74) is 1.25. The van der Waals surface area contributed by atoms with Crippen LogP contribution in [0, 0.1) is 0 Å². The van der Waals surface area contributed by atoms with E-state index in [1.165, 1.54) is 25.0 Å². The van der Waals surface area contributed by atoms with Crippen molar-refractivity contribution >= 4 is 17.6 Å². The molecule has 7 nitrogen and oxygen atoms in total. The molecule has 0 bridgehead atoms. The summed E-state index contributed by atoms with van der Waals surface area (Å²) in [4.78, 5) is 19.2. The minimum atomic E-state index is -0.0174. The number of hydrogen-bond acceptors (Lipinski definition) is 7. The number of aromatic nitrogens is 5. The number of rotatable bonds is 7. The van der Waals surface area contributed by atoms with Gasteiger partial charge in [0.05, 0.1) is 0 Å². The molecular weight excluding hydrogens is 394 g/mol. The van der Waals surface area contributed by atoms with E-state index in [4.69, 9.17) is 9.97 Å². The highest BCUT2D eigenvalue weighted by Gasteiger charge is 2.27. The Bertz CT molecular complexity index is 832. The molecule has 8 heteroatoms. The van der Waals surface area contributed by atoms with Crippen LogP contribution in [0.2, 0.25) is 0 Å². The van der Waals surface area contributed by atoms with E-state index in [0.717, 1.165) is 61.7 Å². The molecule has 164 valence electrons. The van der Waals surface area contributed by atoms with Gasteiger partial charge in [-0.1, -0.05) is 39.0 Å². The topological polar surface area (TPSA) is 63.0 Å². The van der Waals surface area contributed by atoms with Crippen LogP contribution in [-0.2, 0) is 12.5 Å². The van der Waals surface area contributed by atoms with Crippen LogP contribution in [-0.4, -0.2) is 68.1 Å². The molecule has 0 radical (unpaired) electrons.